The smallest absolute Gasteiger partial charge is 0.167 e. The molecule has 0 saturated heterocycles. The summed E-state index contributed by atoms with van der Waals surface area (Å²) in [5, 5.41) is 0. The number of rotatable bonds is 5. The second-order valence-corrected chi connectivity index (χ2v) is 2.00. The maximum Gasteiger partial charge on any atom is 0.167 e. The third kappa shape index (κ3) is 10.7. The standard InChI is InChI=1S/C9H12O2.C2H6/c1-4-6-9(5-2)11-7-8(3)10;1-2/h4-6H,1-2,7H2,3H3;1-2H3/b9-6+;. The molecule has 0 N–H and O–H groups in total. The van der Waals surface area contributed by atoms with Crippen LogP contribution in [0.2, 0.25) is 0 Å². The van der Waals surface area contributed by atoms with Gasteiger partial charge in [-0.3, -0.25) is 4.79 Å². The highest BCUT2D eigenvalue weighted by atomic mass is 16.5. The summed E-state index contributed by atoms with van der Waals surface area (Å²) in [6.45, 7) is 12.5. The van der Waals surface area contributed by atoms with Crippen molar-refractivity contribution in [3.63, 3.8) is 0 Å². The first-order chi connectivity index (χ1) is 6.20. The van der Waals surface area contributed by atoms with Gasteiger partial charge in [0.1, 0.15) is 12.4 Å². The Bertz CT molecular complexity index is 190. The van der Waals surface area contributed by atoms with Gasteiger partial charge in [0.2, 0.25) is 0 Å². The molecule has 0 heterocycles. The van der Waals surface area contributed by atoms with Crippen LogP contribution < -0.4 is 0 Å². The SMILES string of the molecule is C=C/C=C(\C=C)OCC(C)=O.CC. The number of carbonyl (C=O) groups is 1. The van der Waals surface area contributed by atoms with E-state index in [1.54, 1.807) is 12.2 Å². The van der Waals surface area contributed by atoms with E-state index in [2.05, 4.69) is 13.2 Å². The lowest BCUT2D eigenvalue weighted by Gasteiger charge is -2.01. The Balaban J connectivity index is 0. The Kier molecular flexibility index (Phi) is 11.7. The quantitative estimate of drug-likeness (QED) is 0.482. The van der Waals surface area contributed by atoms with Crippen molar-refractivity contribution in [1.29, 1.82) is 0 Å². The zero-order valence-electron chi connectivity index (χ0n) is 8.67. The van der Waals surface area contributed by atoms with Gasteiger partial charge in [-0.25, -0.2) is 0 Å². The summed E-state index contributed by atoms with van der Waals surface area (Å²) in [6, 6.07) is 0. The second-order valence-electron chi connectivity index (χ2n) is 2.00. The summed E-state index contributed by atoms with van der Waals surface area (Å²) in [5.41, 5.74) is 0. The minimum Gasteiger partial charge on any atom is -0.486 e. The van der Waals surface area contributed by atoms with Gasteiger partial charge in [-0.15, -0.1) is 0 Å². The molecule has 0 atom stereocenters. The maximum atomic E-state index is 10.5. The molecule has 0 aliphatic heterocycles. The molecule has 0 unspecified atom stereocenters. The van der Waals surface area contributed by atoms with Crippen LogP contribution in [0.3, 0.4) is 0 Å². The Hall–Kier alpha value is -1.31. The van der Waals surface area contributed by atoms with E-state index in [-0.39, 0.29) is 12.4 Å². The van der Waals surface area contributed by atoms with Gasteiger partial charge in [0.25, 0.3) is 0 Å². The predicted octanol–water partition coefficient (Wildman–Crippen LogP) is 2.87. The molecule has 0 spiro atoms. The van der Waals surface area contributed by atoms with E-state index < -0.39 is 0 Å². The molecule has 0 aromatic carbocycles. The molecule has 0 rings (SSSR count). The molecule has 0 aliphatic rings. The van der Waals surface area contributed by atoms with Crippen molar-refractivity contribution in [3.05, 3.63) is 37.1 Å². The van der Waals surface area contributed by atoms with Crippen LogP contribution in [-0.2, 0) is 9.53 Å². The fourth-order valence-electron chi connectivity index (χ4n) is 0.476. The van der Waals surface area contributed by atoms with Gasteiger partial charge in [-0.05, 0) is 19.1 Å². The highest BCUT2D eigenvalue weighted by Crippen LogP contribution is 1.97. The molecule has 0 aromatic rings. The molecule has 0 radical (unpaired) electrons. The fraction of sp³-hybridized carbons (Fsp3) is 0.364. The number of Topliss-reactive ketones (excluding diaryl/α,β-unsaturated/α-hetero) is 1. The molecular formula is C11H18O2. The van der Waals surface area contributed by atoms with Crippen molar-refractivity contribution < 1.29 is 9.53 Å². The van der Waals surface area contributed by atoms with E-state index in [0.717, 1.165) is 0 Å². The van der Waals surface area contributed by atoms with Crippen molar-refractivity contribution in [3.8, 4) is 0 Å². The molecule has 0 aliphatic carbocycles. The monoisotopic (exact) mass is 182 g/mol. The van der Waals surface area contributed by atoms with E-state index >= 15 is 0 Å². The average molecular weight is 182 g/mol. The minimum absolute atomic E-state index is 0.0122. The Morgan fingerprint density at radius 3 is 2.23 bits per heavy atom. The molecule has 0 aromatic heterocycles. The predicted molar refractivity (Wildman–Crippen MR) is 56.5 cm³/mol. The van der Waals surface area contributed by atoms with Crippen LogP contribution in [0.4, 0.5) is 0 Å². The Labute approximate surface area is 80.6 Å². The summed E-state index contributed by atoms with van der Waals surface area (Å²) in [6.07, 6.45) is 4.76. The second kappa shape index (κ2) is 10.7. The first-order valence-electron chi connectivity index (χ1n) is 4.28. The number of allylic oxidation sites excluding steroid dienone is 3. The summed E-state index contributed by atoms with van der Waals surface area (Å²) in [7, 11) is 0. The van der Waals surface area contributed by atoms with Gasteiger partial charge in [-0.1, -0.05) is 33.1 Å². The average Bonchev–Trinajstić information content (AvgIpc) is 2.15. The van der Waals surface area contributed by atoms with E-state index in [1.807, 2.05) is 13.8 Å². The molecular weight excluding hydrogens is 164 g/mol. The molecule has 0 saturated carbocycles. The lowest BCUT2D eigenvalue weighted by molar-refractivity contribution is -0.120. The third-order valence-electron chi connectivity index (χ3n) is 0.925. The van der Waals surface area contributed by atoms with E-state index in [0.29, 0.717) is 5.76 Å². The van der Waals surface area contributed by atoms with Gasteiger partial charge >= 0.3 is 0 Å². The molecule has 0 amide bonds. The maximum absolute atomic E-state index is 10.5. The lowest BCUT2D eigenvalue weighted by Crippen LogP contribution is -2.02. The third-order valence-corrected chi connectivity index (χ3v) is 0.925. The van der Waals surface area contributed by atoms with Crippen molar-refractivity contribution in [1.82, 2.24) is 0 Å². The summed E-state index contributed by atoms with van der Waals surface area (Å²) < 4.78 is 5.02. The molecule has 0 fully saturated rings. The van der Waals surface area contributed by atoms with Gasteiger partial charge in [-0.2, -0.15) is 0 Å². The molecule has 0 bridgehead atoms. The highest BCUT2D eigenvalue weighted by Gasteiger charge is 1.93. The van der Waals surface area contributed by atoms with Crippen LogP contribution in [0.25, 0.3) is 0 Å². The van der Waals surface area contributed by atoms with Crippen LogP contribution in [0.15, 0.2) is 37.1 Å². The van der Waals surface area contributed by atoms with Gasteiger partial charge in [0.15, 0.2) is 5.78 Å². The van der Waals surface area contributed by atoms with Crippen molar-refractivity contribution >= 4 is 5.78 Å². The van der Waals surface area contributed by atoms with Crippen LogP contribution in [0, 0.1) is 0 Å². The number of hydrogen-bond donors (Lipinski definition) is 0. The van der Waals surface area contributed by atoms with Crippen LogP contribution in [0.5, 0.6) is 0 Å². The van der Waals surface area contributed by atoms with Crippen LogP contribution in [0.1, 0.15) is 20.8 Å². The number of ketones is 1. The van der Waals surface area contributed by atoms with Crippen molar-refractivity contribution in [2.75, 3.05) is 6.61 Å². The largest absolute Gasteiger partial charge is 0.486 e. The van der Waals surface area contributed by atoms with Crippen LogP contribution >= 0.6 is 0 Å². The zero-order chi connectivity index (χ0) is 10.7. The highest BCUT2D eigenvalue weighted by molar-refractivity contribution is 5.76. The molecule has 2 heteroatoms. The summed E-state index contributed by atoms with van der Waals surface area (Å²) in [5.74, 6) is 0.553. The van der Waals surface area contributed by atoms with E-state index in [4.69, 9.17) is 4.74 Å². The normalized spacial score (nSPS) is 9.31. The van der Waals surface area contributed by atoms with Crippen LogP contribution in [-0.4, -0.2) is 12.4 Å². The zero-order valence-corrected chi connectivity index (χ0v) is 8.67. The van der Waals surface area contributed by atoms with Gasteiger partial charge in [0, 0.05) is 0 Å². The van der Waals surface area contributed by atoms with Crippen molar-refractivity contribution in [2.45, 2.75) is 20.8 Å². The van der Waals surface area contributed by atoms with E-state index in [9.17, 15) is 4.79 Å². The number of ether oxygens (including phenoxy) is 1. The molecule has 13 heavy (non-hydrogen) atoms. The fourth-order valence-corrected chi connectivity index (χ4v) is 0.476. The van der Waals surface area contributed by atoms with Gasteiger partial charge in [0.05, 0.1) is 0 Å². The molecule has 74 valence electrons. The van der Waals surface area contributed by atoms with Gasteiger partial charge < -0.3 is 4.74 Å². The number of hydrogen-bond acceptors (Lipinski definition) is 2. The molecule has 2 nitrogen and oxygen atoms in total. The summed E-state index contributed by atoms with van der Waals surface area (Å²) >= 11 is 0. The van der Waals surface area contributed by atoms with Crippen molar-refractivity contribution in [2.24, 2.45) is 0 Å². The minimum atomic E-state index is -0.0122. The summed E-state index contributed by atoms with van der Waals surface area (Å²) in [4.78, 5) is 10.5. The topological polar surface area (TPSA) is 26.3 Å². The first kappa shape index (κ1) is 14.2. The van der Waals surface area contributed by atoms with E-state index in [1.165, 1.54) is 13.0 Å². The lowest BCUT2D eigenvalue weighted by atomic mass is 10.4. The first-order valence-corrected chi connectivity index (χ1v) is 4.28. The Morgan fingerprint density at radius 1 is 1.38 bits per heavy atom. The Morgan fingerprint density at radius 2 is 1.92 bits per heavy atom. The number of carbonyl (C=O) groups excluding carboxylic acids is 1.